The number of anilines is 1. The molecule has 4 N–H and O–H groups in total. The van der Waals surface area contributed by atoms with E-state index in [9.17, 15) is 27.9 Å². The Balaban J connectivity index is 0.000000396. The molecule has 1 aromatic heterocycles. The Morgan fingerprint density at radius 2 is 1.67 bits per heavy atom. The number of aromatic hydroxyl groups is 1. The summed E-state index contributed by atoms with van der Waals surface area (Å²) in [5.74, 6) is -3.00. The second-order valence-electron chi connectivity index (χ2n) is 5.79. The van der Waals surface area contributed by atoms with Crippen molar-refractivity contribution in [1.82, 2.24) is 4.98 Å². The molecule has 30 heavy (non-hydrogen) atoms. The summed E-state index contributed by atoms with van der Waals surface area (Å²) in [5, 5.41) is 26.1. The van der Waals surface area contributed by atoms with Gasteiger partial charge in [-0.05, 0) is 35.9 Å². The number of hydrogen-bond donors (Lipinski definition) is 3. The van der Waals surface area contributed by atoms with Gasteiger partial charge in [-0.2, -0.15) is 18.4 Å². The number of nitriles is 1. The van der Waals surface area contributed by atoms with Crippen LogP contribution < -0.4 is 5.73 Å². The maximum Gasteiger partial charge on any atom is 0.490 e. The molecule has 0 fully saturated rings. The lowest BCUT2D eigenvalue weighted by molar-refractivity contribution is -0.192. The first-order valence-electron chi connectivity index (χ1n) is 8.09. The Bertz CT molecular complexity index is 1130. The highest BCUT2D eigenvalue weighted by atomic mass is 19.4. The van der Waals surface area contributed by atoms with Crippen LogP contribution in [0.3, 0.4) is 0 Å². The fraction of sp³-hybridized carbons (Fsp3) is 0.0500. The average molecular weight is 419 g/mol. The molecule has 3 rings (SSSR count). The van der Waals surface area contributed by atoms with Crippen molar-refractivity contribution >= 4 is 11.8 Å². The van der Waals surface area contributed by atoms with Crippen molar-refractivity contribution in [2.75, 3.05) is 5.73 Å². The standard InChI is InChI=1S/C18H12FN3O.C2HF3O2/c19-13-5-1-3-11(7-13)15-9-17(22-18(21)16(15)10-20)12-4-2-6-14(23)8-12;3-2(4,5)1(6)7/h1-9,23H,(H2,21,22);(H,6,7). The van der Waals surface area contributed by atoms with Gasteiger partial charge in [0.1, 0.15) is 29.0 Å². The summed E-state index contributed by atoms with van der Waals surface area (Å²) in [6.45, 7) is 0. The molecule has 154 valence electrons. The first-order chi connectivity index (χ1) is 14.0. The second kappa shape index (κ2) is 8.91. The van der Waals surface area contributed by atoms with Crippen LogP contribution in [0, 0.1) is 17.1 Å². The van der Waals surface area contributed by atoms with Gasteiger partial charge in [0.15, 0.2) is 0 Å². The Labute approximate surface area is 167 Å². The molecule has 10 heteroatoms. The van der Waals surface area contributed by atoms with E-state index in [4.69, 9.17) is 15.6 Å². The van der Waals surface area contributed by atoms with Crippen LogP contribution in [-0.4, -0.2) is 27.3 Å². The summed E-state index contributed by atoms with van der Waals surface area (Å²) in [6, 6.07) is 16.1. The predicted molar refractivity (Wildman–Crippen MR) is 99.6 cm³/mol. The summed E-state index contributed by atoms with van der Waals surface area (Å²) in [4.78, 5) is 13.1. The van der Waals surface area contributed by atoms with Crippen LogP contribution in [0.5, 0.6) is 5.75 Å². The van der Waals surface area contributed by atoms with Crippen molar-refractivity contribution in [2.24, 2.45) is 0 Å². The Morgan fingerprint density at radius 3 is 2.20 bits per heavy atom. The first-order valence-corrected chi connectivity index (χ1v) is 8.09. The number of carbonyl (C=O) groups is 1. The Morgan fingerprint density at radius 1 is 1.07 bits per heavy atom. The molecule has 0 saturated carbocycles. The van der Waals surface area contributed by atoms with Crippen LogP contribution in [0.2, 0.25) is 0 Å². The molecule has 0 aliphatic carbocycles. The highest BCUT2D eigenvalue weighted by Crippen LogP contribution is 2.32. The van der Waals surface area contributed by atoms with Crippen molar-refractivity contribution in [3.8, 4) is 34.2 Å². The molecule has 0 amide bonds. The quantitative estimate of drug-likeness (QED) is 0.531. The van der Waals surface area contributed by atoms with Crippen LogP contribution in [0.4, 0.5) is 23.4 Å². The number of aliphatic carboxylic acids is 1. The minimum absolute atomic E-state index is 0.0626. The number of nitrogens with two attached hydrogens (primary N) is 1. The normalized spacial score (nSPS) is 10.5. The number of carboxylic acid groups (broad SMARTS) is 1. The van der Waals surface area contributed by atoms with Gasteiger partial charge in [0, 0.05) is 11.1 Å². The van der Waals surface area contributed by atoms with E-state index >= 15 is 0 Å². The van der Waals surface area contributed by atoms with Gasteiger partial charge in [-0.3, -0.25) is 0 Å². The molecular weight excluding hydrogens is 406 g/mol. The van der Waals surface area contributed by atoms with Gasteiger partial charge in [-0.25, -0.2) is 14.2 Å². The number of nitrogens with zero attached hydrogens (tertiary/aromatic N) is 2. The largest absolute Gasteiger partial charge is 0.508 e. The third-order valence-corrected chi connectivity index (χ3v) is 3.68. The van der Waals surface area contributed by atoms with Crippen LogP contribution in [0.1, 0.15) is 5.56 Å². The molecule has 2 aromatic carbocycles. The van der Waals surface area contributed by atoms with Crippen molar-refractivity contribution < 1.29 is 32.6 Å². The third kappa shape index (κ3) is 5.45. The van der Waals surface area contributed by atoms with Crippen LogP contribution in [-0.2, 0) is 4.79 Å². The van der Waals surface area contributed by atoms with Crippen LogP contribution in [0.25, 0.3) is 22.4 Å². The van der Waals surface area contributed by atoms with E-state index < -0.39 is 18.0 Å². The molecule has 6 nitrogen and oxygen atoms in total. The minimum Gasteiger partial charge on any atom is -0.508 e. The van der Waals surface area contributed by atoms with Crippen molar-refractivity contribution in [3.63, 3.8) is 0 Å². The van der Waals surface area contributed by atoms with Gasteiger partial charge < -0.3 is 15.9 Å². The highest BCUT2D eigenvalue weighted by Gasteiger charge is 2.38. The maximum atomic E-state index is 13.5. The number of hydrogen-bond acceptors (Lipinski definition) is 5. The number of benzene rings is 2. The van der Waals surface area contributed by atoms with E-state index in [-0.39, 0.29) is 17.1 Å². The lowest BCUT2D eigenvalue weighted by Crippen LogP contribution is -2.21. The second-order valence-corrected chi connectivity index (χ2v) is 5.79. The number of halogens is 4. The lowest BCUT2D eigenvalue weighted by Gasteiger charge is -2.10. The van der Waals surface area contributed by atoms with Crippen LogP contribution in [0.15, 0.2) is 54.6 Å². The van der Waals surface area contributed by atoms with Gasteiger partial charge in [0.05, 0.1) is 5.69 Å². The highest BCUT2D eigenvalue weighted by molar-refractivity contribution is 5.80. The molecule has 0 aliphatic heterocycles. The molecule has 0 radical (unpaired) electrons. The first kappa shape index (κ1) is 22.2. The number of phenols is 1. The van der Waals surface area contributed by atoms with Gasteiger partial charge in [-0.1, -0.05) is 24.3 Å². The summed E-state index contributed by atoms with van der Waals surface area (Å²) < 4.78 is 45.2. The van der Waals surface area contributed by atoms with E-state index in [1.54, 1.807) is 42.5 Å². The van der Waals surface area contributed by atoms with Crippen molar-refractivity contribution in [2.45, 2.75) is 6.18 Å². The Kier molecular flexibility index (Phi) is 6.59. The van der Waals surface area contributed by atoms with Gasteiger partial charge in [-0.15, -0.1) is 0 Å². The lowest BCUT2D eigenvalue weighted by atomic mass is 9.98. The van der Waals surface area contributed by atoms with Crippen molar-refractivity contribution in [3.05, 3.63) is 66.0 Å². The van der Waals surface area contributed by atoms with Gasteiger partial charge in [0.25, 0.3) is 0 Å². The average Bonchev–Trinajstić information content (AvgIpc) is 2.67. The number of carboxylic acids is 1. The number of rotatable bonds is 2. The summed E-state index contributed by atoms with van der Waals surface area (Å²) in [7, 11) is 0. The van der Waals surface area contributed by atoms with E-state index in [1.165, 1.54) is 12.1 Å². The van der Waals surface area contributed by atoms with E-state index in [1.807, 2.05) is 6.07 Å². The van der Waals surface area contributed by atoms with Gasteiger partial charge in [0.2, 0.25) is 0 Å². The summed E-state index contributed by atoms with van der Waals surface area (Å²) >= 11 is 0. The topological polar surface area (TPSA) is 120 Å². The molecule has 0 aliphatic rings. The fourth-order valence-electron chi connectivity index (χ4n) is 2.38. The molecule has 0 bridgehead atoms. The third-order valence-electron chi connectivity index (χ3n) is 3.68. The number of pyridine rings is 1. The molecule has 0 atom stereocenters. The molecule has 3 aromatic rings. The van der Waals surface area contributed by atoms with E-state index in [0.29, 0.717) is 22.4 Å². The predicted octanol–water partition coefficient (Wildman–Crippen LogP) is 4.35. The van der Waals surface area contributed by atoms with E-state index in [0.717, 1.165) is 0 Å². The van der Waals surface area contributed by atoms with E-state index in [2.05, 4.69) is 4.98 Å². The number of nitrogen functional groups attached to an aromatic ring is 1. The zero-order chi connectivity index (χ0) is 22.5. The molecule has 0 unspecified atom stereocenters. The van der Waals surface area contributed by atoms with Gasteiger partial charge >= 0.3 is 12.1 Å². The zero-order valence-corrected chi connectivity index (χ0v) is 15.0. The zero-order valence-electron chi connectivity index (χ0n) is 15.0. The monoisotopic (exact) mass is 419 g/mol. The molecular formula is C20H13F4N3O3. The fourth-order valence-corrected chi connectivity index (χ4v) is 2.38. The molecule has 1 heterocycles. The molecule has 0 saturated heterocycles. The number of aromatic nitrogens is 1. The minimum atomic E-state index is -5.08. The Hall–Kier alpha value is -4.13. The maximum absolute atomic E-state index is 13.5. The smallest absolute Gasteiger partial charge is 0.490 e. The summed E-state index contributed by atoms with van der Waals surface area (Å²) in [6.07, 6.45) is -5.08. The summed E-state index contributed by atoms with van der Waals surface area (Å²) in [5.41, 5.74) is 8.27. The van der Waals surface area contributed by atoms with Crippen molar-refractivity contribution in [1.29, 1.82) is 5.26 Å². The van der Waals surface area contributed by atoms with Crippen LogP contribution >= 0.6 is 0 Å². The molecule has 0 spiro atoms. The number of alkyl halides is 3. The number of phenolic OH excluding ortho intramolecular Hbond substituents is 1. The SMILES string of the molecule is N#Cc1c(-c2cccc(F)c2)cc(-c2cccc(O)c2)nc1N.O=C(O)C(F)(F)F.